The number of methoxy groups -OCH3 is 2. The van der Waals surface area contributed by atoms with Gasteiger partial charge < -0.3 is 14.6 Å². The maximum atomic E-state index is 14.1. The minimum absolute atomic E-state index is 0.0292. The third-order valence-electron chi connectivity index (χ3n) is 2.89. The normalized spacial score (nSPS) is 11.8. The third kappa shape index (κ3) is 3.66. The van der Waals surface area contributed by atoms with Crippen LogP contribution in [0.3, 0.4) is 0 Å². The van der Waals surface area contributed by atoms with Crippen LogP contribution in [0.1, 0.15) is 13.8 Å². The molecule has 0 aliphatic heterocycles. The van der Waals surface area contributed by atoms with Crippen molar-refractivity contribution in [1.29, 1.82) is 0 Å². The Morgan fingerprint density at radius 3 is 2.18 bits per heavy atom. The Hall–Kier alpha value is -1.87. The molecule has 0 aliphatic rings. The zero-order valence-corrected chi connectivity index (χ0v) is 13.5. The van der Waals surface area contributed by atoms with Gasteiger partial charge in [-0.05, 0) is 13.8 Å². The van der Waals surface area contributed by atoms with Crippen LogP contribution in [0, 0.1) is 5.82 Å². The fourth-order valence-corrected chi connectivity index (χ4v) is 3.49. The van der Waals surface area contributed by atoms with Gasteiger partial charge in [0.05, 0.1) is 14.2 Å². The van der Waals surface area contributed by atoms with Crippen LogP contribution in [-0.2, 0) is 14.8 Å². The lowest BCUT2D eigenvalue weighted by Crippen LogP contribution is -2.40. The summed E-state index contributed by atoms with van der Waals surface area (Å²) in [5.74, 6) is -2.32. The van der Waals surface area contributed by atoms with Crippen LogP contribution in [0.5, 0.6) is 11.5 Å². The number of benzene rings is 1. The molecule has 1 aromatic carbocycles. The van der Waals surface area contributed by atoms with Crippen molar-refractivity contribution in [3.63, 3.8) is 0 Å². The average Bonchev–Trinajstić information content (AvgIpc) is 2.43. The zero-order valence-electron chi connectivity index (χ0n) is 12.7. The molecular weight excluding hydrogens is 317 g/mol. The SMILES string of the molecule is COc1cc(F)c(S(=O)(=O)N(CC(=O)O)C(C)C)cc1OC. The van der Waals surface area contributed by atoms with Crippen molar-refractivity contribution in [3.8, 4) is 11.5 Å². The van der Waals surface area contributed by atoms with Crippen LogP contribution in [0.4, 0.5) is 4.39 Å². The van der Waals surface area contributed by atoms with Crippen LogP contribution in [-0.4, -0.2) is 50.6 Å². The van der Waals surface area contributed by atoms with E-state index in [9.17, 15) is 17.6 Å². The van der Waals surface area contributed by atoms with E-state index in [2.05, 4.69) is 0 Å². The first-order chi connectivity index (χ1) is 10.1. The quantitative estimate of drug-likeness (QED) is 0.808. The number of carboxylic acid groups (broad SMARTS) is 1. The minimum Gasteiger partial charge on any atom is -0.493 e. The van der Waals surface area contributed by atoms with Gasteiger partial charge in [-0.1, -0.05) is 0 Å². The first-order valence-corrected chi connectivity index (χ1v) is 7.74. The van der Waals surface area contributed by atoms with E-state index >= 15 is 0 Å². The van der Waals surface area contributed by atoms with Crippen molar-refractivity contribution >= 4 is 16.0 Å². The number of ether oxygens (including phenoxy) is 2. The van der Waals surface area contributed by atoms with E-state index in [0.717, 1.165) is 12.1 Å². The Labute approximate surface area is 128 Å². The van der Waals surface area contributed by atoms with Crippen LogP contribution in [0.25, 0.3) is 0 Å². The van der Waals surface area contributed by atoms with E-state index in [0.29, 0.717) is 4.31 Å². The second-order valence-corrected chi connectivity index (χ2v) is 6.53. The van der Waals surface area contributed by atoms with Crippen molar-refractivity contribution in [2.24, 2.45) is 0 Å². The molecule has 0 aromatic heterocycles. The Bertz CT molecular complexity index is 659. The predicted molar refractivity (Wildman–Crippen MR) is 76.2 cm³/mol. The van der Waals surface area contributed by atoms with E-state index in [1.165, 1.54) is 28.1 Å². The molecule has 0 amide bonds. The summed E-state index contributed by atoms with van der Waals surface area (Å²) < 4.78 is 49.7. The molecule has 1 aromatic rings. The highest BCUT2D eigenvalue weighted by Gasteiger charge is 2.32. The van der Waals surface area contributed by atoms with E-state index in [4.69, 9.17) is 14.6 Å². The summed E-state index contributed by atoms with van der Waals surface area (Å²) in [6, 6.07) is 1.19. The number of hydrogen-bond acceptors (Lipinski definition) is 5. The number of carboxylic acids is 1. The van der Waals surface area contributed by atoms with Crippen molar-refractivity contribution in [2.45, 2.75) is 24.8 Å². The lowest BCUT2D eigenvalue weighted by atomic mass is 10.3. The summed E-state index contributed by atoms with van der Waals surface area (Å²) in [6.45, 7) is 2.23. The van der Waals surface area contributed by atoms with Gasteiger partial charge in [0, 0.05) is 18.2 Å². The number of rotatable bonds is 7. The highest BCUT2D eigenvalue weighted by molar-refractivity contribution is 7.89. The predicted octanol–water partition coefficient (Wildman–Crippen LogP) is 1.33. The molecule has 0 heterocycles. The summed E-state index contributed by atoms with van der Waals surface area (Å²) in [4.78, 5) is 10.2. The lowest BCUT2D eigenvalue weighted by molar-refractivity contribution is -0.137. The zero-order chi connectivity index (χ0) is 17.1. The molecule has 0 aliphatic carbocycles. The largest absolute Gasteiger partial charge is 0.493 e. The standard InChI is InChI=1S/C13H18FNO6S/c1-8(2)15(7-13(16)17)22(18,19)12-6-11(21-4)10(20-3)5-9(12)14/h5-6,8H,7H2,1-4H3,(H,16,17). The molecule has 0 bridgehead atoms. The first kappa shape index (κ1) is 18.2. The smallest absolute Gasteiger partial charge is 0.318 e. The van der Waals surface area contributed by atoms with Gasteiger partial charge >= 0.3 is 5.97 Å². The molecule has 7 nitrogen and oxygen atoms in total. The molecule has 9 heteroatoms. The Morgan fingerprint density at radius 1 is 1.27 bits per heavy atom. The summed E-state index contributed by atoms with van der Waals surface area (Å²) >= 11 is 0. The molecule has 1 N–H and O–H groups in total. The second-order valence-electron chi connectivity index (χ2n) is 4.68. The number of sulfonamides is 1. The summed E-state index contributed by atoms with van der Waals surface area (Å²) in [7, 11) is -1.77. The number of hydrogen-bond donors (Lipinski definition) is 1. The summed E-state index contributed by atoms with van der Waals surface area (Å²) in [5.41, 5.74) is 0. The topological polar surface area (TPSA) is 93.1 Å². The molecular formula is C13H18FNO6S. The van der Waals surface area contributed by atoms with E-state index in [1.807, 2.05) is 0 Å². The summed E-state index contributed by atoms with van der Waals surface area (Å²) in [5, 5.41) is 8.85. The Balaban J connectivity index is 3.46. The van der Waals surface area contributed by atoms with E-state index in [1.54, 1.807) is 0 Å². The number of carbonyl (C=O) groups is 1. The van der Waals surface area contributed by atoms with Gasteiger partial charge in [0.1, 0.15) is 17.3 Å². The molecule has 0 atom stereocenters. The number of halogens is 1. The molecule has 1 rings (SSSR count). The fraction of sp³-hybridized carbons (Fsp3) is 0.462. The Morgan fingerprint density at radius 2 is 1.77 bits per heavy atom. The molecule has 0 spiro atoms. The van der Waals surface area contributed by atoms with Gasteiger partial charge in [-0.25, -0.2) is 12.8 Å². The molecule has 124 valence electrons. The maximum absolute atomic E-state index is 14.1. The maximum Gasteiger partial charge on any atom is 0.318 e. The Kier molecular flexibility index (Phi) is 5.72. The van der Waals surface area contributed by atoms with Crippen molar-refractivity contribution < 1.29 is 32.2 Å². The van der Waals surface area contributed by atoms with Gasteiger partial charge in [0.25, 0.3) is 0 Å². The molecule has 0 saturated heterocycles. The fourth-order valence-electron chi connectivity index (χ4n) is 1.84. The first-order valence-electron chi connectivity index (χ1n) is 6.30. The van der Waals surface area contributed by atoms with Gasteiger partial charge in [0.2, 0.25) is 10.0 Å². The van der Waals surface area contributed by atoms with Crippen LogP contribution in [0.2, 0.25) is 0 Å². The summed E-state index contributed by atoms with van der Waals surface area (Å²) in [6.07, 6.45) is 0. The lowest BCUT2D eigenvalue weighted by Gasteiger charge is -2.24. The minimum atomic E-state index is -4.34. The molecule has 22 heavy (non-hydrogen) atoms. The van der Waals surface area contributed by atoms with Crippen molar-refractivity contribution in [3.05, 3.63) is 17.9 Å². The van der Waals surface area contributed by atoms with Crippen LogP contribution >= 0.6 is 0 Å². The van der Waals surface area contributed by atoms with E-state index in [-0.39, 0.29) is 11.5 Å². The molecule has 0 radical (unpaired) electrons. The van der Waals surface area contributed by atoms with Crippen molar-refractivity contribution in [1.82, 2.24) is 4.31 Å². The van der Waals surface area contributed by atoms with Crippen LogP contribution in [0.15, 0.2) is 17.0 Å². The van der Waals surface area contributed by atoms with E-state index < -0.39 is 39.3 Å². The number of aliphatic carboxylic acids is 1. The molecule has 0 unspecified atom stereocenters. The van der Waals surface area contributed by atoms with Crippen LogP contribution < -0.4 is 9.47 Å². The molecule has 0 saturated carbocycles. The third-order valence-corrected chi connectivity index (χ3v) is 4.93. The van der Waals surface area contributed by atoms with Gasteiger partial charge in [-0.2, -0.15) is 4.31 Å². The highest BCUT2D eigenvalue weighted by atomic mass is 32.2. The number of nitrogens with zero attached hydrogens (tertiary/aromatic N) is 1. The van der Waals surface area contributed by atoms with Crippen molar-refractivity contribution in [2.75, 3.05) is 20.8 Å². The second kappa shape index (κ2) is 6.93. The van der Waals surface area contributed by atoms with Gasteiger partial charge in [-0.15, -0.1) is 0 Å². The average molecular weight is 335 g/mol. The monoisotopic (exact) mass is 335 g/mol. The molecule has 0 fully saturated rings. The van der Waals surface area contributed by atoms with Gasteiger partial charge in [0.15, 0.2) is 11.5 Å². The van der Waals surface area contributed by atoms with Gasteiger partial charge in [-0.3, -0.25) is 4.79 Å². The highest BCUT2D eigenvalue weighted by Crippen LogP contribution is 2.33.